The third-order valence-corrected chi connectivity index (χ3v) is 1.95. The molecule has 1 aromatic rings. The van der Waals surface area contributed by atoms with Crippen molar-refractivity contribution in [1.82, 2.24) is 4.98 Å². The molecule has 94 valence electrons. The molecule has 1 rings (SSSR count). The quantitative estimate of drug-likeness (QED) is 0.786. The van der Waals surface area contributed by atoms with Crippen LogP contribution in [-0.2, 0) is 0 Å². The van der Waals surface area contributed by atoms with Crippen molar-refractivity contribution in [2.24, 2.45) is 0 Å². The summed E-state index contributed by atoms with van der Waals surface area (Å²) >= 11 is 0. The third kappa shape index (κ3) is 5.19. The number of pyridine rings is 1. The van der Waals surface area contributed by atoms with E-state index in [1.54, 1.807) is 0 Å². The average molecular weight is 248 g/mol. The van der Waals surface area contributed by atoms with Gasteiger partial charge in [-0.3, -0.25) is 0 Å². The van der Waals surface area contributed by atoms with Crippen LogP contribution in [0.15, 0.2) is 18.3 Å². The number of aromatic nitrogens is 1. The van der Waals surface area contributed by atoms with Crippen LogP contribution in [-0.4, -0.2) is 28.8 Å². The number of rotatable bonds is 5. The second-order valence-electron chi connectivity index (χ2n) is 3.38. The fraction of sp³-hybridized carbons (Fsp3) is 0.400. The molecule has 17 heavy (non-hydrogen) atoms. The first-order valence-electron chi connectivity index (χ1n) is 4.88. The summed E-state index contributed by atoms with van der Waals surface area (Å²) < 4.78 is 35.5. The van der Waals surface area contributed by atoms with Crippen LogP contribution in [0, 0.1) is 0 Å². The lowest BCUT2D eigenvalue weighted by molar-refractivity contribution is -0.134. The molecule has 0 unspecified atom stereocenters. The Morgan fingerprint density at radius 3 is 2.59 bits per heavy atom. The minimum absolute atomic E-state index is 0.0375. The molecule has 0 aliphatic carbocycles. The molecule has 0 bridgehead atoms. The van der Waals surface area contributed by atoms with Crippen molar-refractivity contribution in [3.05, 3.63) is 24.0 Å². The van der Waals surface area contributed by atoms with Gasteiger partial charge in [-0.2, -0.15) is 13.2 Å². The average Bonchev–Trinajstić information content (AvgIpc) is 2.24. The molecule has 0 radical (unpaired) electrons. The number of hydrogen-bond acceptors (Lipinski definition) is 3. The molecule has 7 heteroatoms. The van der Waals surface area contributed by atoms with Crippen LogP contribution in [0.4, 0.5) is 18.9 Å². The van der Waals surface area contributed by atoms with Gasteiger partial charge < -0.3 is 10.4 Å². The molecule has 0 spiro atoms. The van der Waals surface area contributed by atoms with Crippen molar-refractivity contribution in [2.45, 2.75) is 19.0 Å². The van der Waals surface area contributed by atoms with E-state index in [2.05, 4.69) is 10.3 Å². The van der Waals surface area contributed by atoms with Crippen LogP contribution in [0.5, 0.6) is 0 Å². The van der Waals surface area contributed by atoms with Crippen LogP contribution in [0.2, 0.25) is 0 Å². The van der Waals surface area contributed by atoms with Crippen molar-refractivity contribution >= 4 is 11.7 Å². The van der Waals surface area contributed by atoms with Crippen LogP contribution in [0.1, 0.15) is 23.3 Å². The Bertz CT molecular complexity index is 376. The Balaban J connectivity index is 2.35. The summed E-state index contributed by atoms with van der Waals surface area (Å²) in [5.41, 5.74) is 0.392. The lowest BCUT2D eigenvalue weighted by atomic mass is 10.3. The number of nitrogens with zero attached hydrogens (tertiary/aromatic N) is 1. The first-order valence-corrected chi connectivity index (χ1v) is 4.88. The zero-order chi connectivity index (χ0) is 12.9. The normalized spacial score (nSPS) is 11.2. The fourth-order valence-corrected chi connectivity index (χ4v) is 1.15. The topological polar surface area (TPSA) is 62.2 Å². The highest BCUT2D eigenvalue weighted by Gasteiger charge is 2.25. The standard InChI is InChI=1S/C10H11F3N2O2/c11-10(12,13)4-1-5-14-7-2-3-8(9(16)17)15-6-7/h2-3,6,14H,1,4-5H2,(H,16,17). The Labute approximate surface area is 95.5 Å². The largest absolute Gasteiger partial charge is 0.477 e. The molecule has 0 amide bonds. The highest BCUT2D eigenvalue weighted by Crippen LogP contribution is 2.21. The van der Waals surface area contributed by atoms with Crippen LogP contribution in [0.3, 0.4) is 0 Å². The summed E-state index contributed by atoms with van der Waals surface area (Å²) in [7, 11) is 0. The molecule has 0 saturated heterocycles. The van der Waals surface area contributed by atoms with Gasteiger partial charge in [0.15, 0.2) is 0 Å². The molecule has 1 aromatic heterocycles. The van der Waals surface area contributed by atoms with Gasteiger partial charge in [-0.25, -0.2) is 9.78 Å². The van der Waals surface area contributed by atoms with E-state index in [1.165, 1.54) is 18.3 Å². The molecule has 1 heterocycles. The van der Waals surface area contributed by atoms with Gasteiger partial charge in [-0.05, 0) is 18.6 Å². The van der Waals surface area contributed by atoms with Crippen molar-refractivity contribution in [2.75, 3.05) is 11.9 Å². The van der Waals surface area contributed by atoms with E-state index < -0.39 is 18.6 Å². The van der Waals surface area contributed by atoms with Crippen molar-refractivity contribution in [3.8, 4) is 0 Å². The van der Waals surface area contributed by atoms with E-state index in [1.807, 2.05) is 0 Å². The molecule has 4 nitrogen and oxygen atoms in total. The fourth-order valence-electron chi connectivity index (χ4n) is 1.15. The number of carboxylic acids is 1. The maximum Gasteiger partial charge on any atom is 0.389 e. The number of aromatic carboxylic acids is 1. The molecule has 0 saturated carbocycles. The van der Waals surface area contributed by atoms with Crippen LogP contribution in [0.25, 0.3) is 0 Å². The summed E-state index contributed by atoms with van der Waals surface area (Å²) in [5, 5.41) is 11.3. The maximum atomic E-state index is 11.8. The number of hydrogen-bond donors (Lipinski definition) is 2. The number of halogens is 3. The molecule has 0 fully saturated rings. The van der Waals surface area contributed by atoms with Gasteiger partial charge in [-0.1, -0.05) is 0 Å². The Morgan fingerprint density at radius 2 is 2.12 bits per heavy atom. The van der Waals surface area contributed by atoms with Crippen molar-refractivity contribution in [1.29, 1.82) is 0 Å². The van der Waals surface area contributed by atoms with Crippen LogP contribution >= 0.6 is 0 Å². The lowest BCUT2D eigenvalue weighted by Crippen LogP contribution is -2.11. The highest BCUT2D eigenvalue weighted by atomic mass is 19.4. The van der Waals surface area contributed by atoms with Crippen molar-refractivity contribution in [3.63, 3.8) is 0 Å². The number of nitrogens with one attached hydrogen (secondary N) is 1. The van der Waals surface area contributed by atoms with Gasteiger partial charge >= 0.3 is 12.1 Å². The van der Waals surface area contributed by atoms with E-state index in [9.17, 15) is 18.0 Å². The first-order chi connectivity index (χ1) is 7.88. The zero-order valence-corrected chi connectivity index (χ0v) is 8.79. The first kappa shape index (κ1) is 13.3. The Kier molecular flexibility index (Phi) is 4.30. The minimum Gasteiger partial charge on any atom is -0.477 e. The second-order valence-corrected chi connectivity index (χ2v) is 3.38. The molecular weight excluding hydrogens is 237 g/mol. The summed E-state index contributed by atoms with van der Waals surface area (Å²) in [6.07, 6.45) is -3.76. The Hall–Kier alpha value is -1.79. The Morgan fingerprint density at radius 1 is 1.41 bits per heavy atom. The number of carboxylic acid groups (broad SMARTS) is 1. The second kappa shape index (κ2) is 5.51. The summed E-state index contributed by atoms with van der Waals surface area (Å²) in [6, 6.07) is 2.75. The van der Waals surface area contributed by atoms with E-state index in [4.69, 9.17) is 5.11 Å². The van der Waals surface area contributed by atoms with Gasteiger partial charge in [0.05, 0.1) is 11.9 Å². The highest BCUT2D eigenvalue weighted by molar-refractivity contribution is 5.85. The van der Waals surface area contributed by atoms with Crippen molar-refractivity contribution < 1.29 is 23.1 Å². The predicted molar refractivity (Wildman–Crippen MR) is 55.0 cm³/mol. The SMILES string of the molecule is O=C(O)c1ccc(NCCCC(F)(F)F)cn1. The van der Waals surface area contributed by atoms with Gasteiger partial charge in [0.2, 0.25) is 0 Å². The molecule has 2 N–H and O–H groups in total. The molecular formula is C10H11F3N2O2. The predicted octanol–water partition coefficient (Wildman–Crippen LogP) is 2.53. The zero-order valence-electron chi connectivity index (χ0n) is 8.79. The van der Waals surface area contributed by atoms with E-state index in [-0.39, 0.29) is 18.7 Å². The number of alkyl halides is 3. The monoisotopic (exact) mass is 248 g/mol. The number of carbonyl (C=O) groups is 1. The smallest absolute Gasteiger partial charge is 0.389 e. The summed E-state index contributed by atoms with van der Waals surface area (Å²) in [4.78, 5) is 14.1. The molecule has 0 aliphatic rings. The lowest BCUT2D eigenvalue weighted by Gasteiger charge is -2.08. The van der Waals surface area contributed by atoms with E-state index in [0.717, 1.165) is 0 Å². The maximum absolute atomic E-state index is 11.8. The molecule has 0 aromatic carbocycles. The summed E-state index contributed by atoms with van der Waals surface area (Å²) in [6.45, 7) is 0.160. The van der Waals surface area contributed by atoms with Crippen LogP contribution < -0.4 is 5.32 Å². The third-order valence-electron chi connectivity index (χ3n) is 1.95. The van der Waals surface area contributed by atoms with Gasteiger partial charge in [-0.15, -0.1) is 0 Å². The minimum atomic E-state index is -4.15. The van der Waals surface area contributed by atoms with E-state index >= 15 is 0 Å². The molecule has 0 aliphatic heterocycles. The number of anilines is 1. The summed E-state index contributed by atoms with van der Waals surface area (Å²) in [5.74, 6) is -1.14. The van der Waals surface area contributed by atoms with Gasteiger partial charge in [0.25, 0.3) is 0 Å². The van der Waals surface area contributed by atoms with Gasteiger partial charge in [0.1, 0.15) is 5.69 Å². The van der Waals surface area contributed by atoms with Gasteiger partial charge in [0, 0.05) is 13.0 Å². The van der Waals surface area contributed by atoms with E-state index in [0.29, 0.717) is 5.69 Å². The molecule has 0 atom stereocenters.